The molecular formula is C13H19N3O. The van der Waals surface area contributed by atoms with Crippen LogP contribution in [-0.2, 0) is 0 Å². The van der Waals surface area contributed by atoms with Crippen molar-refractivity contribution < 1.29 is 5.11 Å². The third-order valence-corrected chi connectivity index (χ3v) is 2.50. The van der Waals surface area contributed by atoms with Crippen molar-refractivity contribution in [1.29, 1.82) is 5.26 Å². The molecule has 0 radical (unpaired) electrons. The maximum atomic E-state index is 9.89. The van der Waals surface area contributed by atoms with Gasteiger partial charge >= 0.3 is 0 Å². The first-order valence-electron chi connectivity index (χ1n) is 5.67. The lowest BCUT2D eigenvalue weighted by molar-refractivity contribution is 0.173. The molecule has 1 aromatic carbocycles. The fourth-order valence-electron chi connectivity index (χ4n) is 1.44. The van der Waals surface area contributed by atoms with E-state index in [2.05, 4.69) is 16.3 Å². The number of benzene rings is 1. The number of nitrogens with zero attached hydrogens (tertiary/aromatic N) is 2. The Morgan fingerprint density at radius 1 is 1.35 bits per heavy atom. The van der Waals surface area contributed by atoms with Gasteiger partial charge in [0.05, 0.1) is 17.7 Å². The highest BCUT2D eigenvalue weighted by Crippen LogP contribution is 2.12. The fourth-order valence-corrected chi connectivity index (χ4v) is 1.44. The van der Waals surface area contributed by atoms with E-state index in [1.54, 1.807) is 24.3 Å². The minimum absolute atomic E-state index is 0.523. The zero-order valence-electron chi connectivity index (χ0n) is 10.3. The maximum absolute atomic E-state index is 9.89. The van der Waals surface area contributed by atoms with Crippen molar-refractivity contribution in [1.82, 2.24) is 10.2 Å². The molecule has 0 aliphatic rings. The molecule has 0 fully saturated rings. The van der Waals surface area contributed by atoms with Crippen molar-refractivity contribution in [2.45, 2.75) is 6.10 Å². The van der Waals surface area contributed by atoms with Crippen molar-refractivity contribution >= 4 is 0 Å². The van der Waals surface area contributed by atoms with Crippen LogP contribution in [0.15, 0.2) is 24.3 Å². The molecule has 0 aromatic heterocycles. The van der Waals surface area contributed by atoms with Gasteiger partial charge in [0.25, 0.3) is 0 Å². The highest BCUT2D eigenvalue weighted by atomic mass is 16.3. The molecule has 0 spiro atoms. The Balaban J connectivity index is 2.36. The minimum atomic E-state index is -0.523. The Kier molecular flexibility index (Phi) is 5.64. The Morgan fingerprint density at radius 2 is 2.00 bits per heavy atom. The number of aliphatic hydroxyl groups is 1. The molecular weight excluding hydrogens is 214 g/mol. The van der Waals surface area contributed by atoms with Gasteiger partial charge in [-0.3, -0.25) is 0 Å². The van der Waals surface area contributed by atoms with Crippen LogP contribution < -0.4 is 5.32 Å². The number of nitrogens with one attached hydrogen (secondary N) is 1. The van der Waals surface area contributed by atoms with Gasteiger partial charge in [-0.05, 0) is 31.8 Å². The van der Waals surface area contributed by atoms with Crippen LogP contribution in [0.4, 0.5) is 0 Å². The number of nitriles is 1. The Hall–Kier alpha value is -1.41. The summed E-state index contributed by atoms with van der Waals surface area (Å²) in [7, 11) is 4.03. The average molecular weight is 233 g/mol. The Bertz CT molecular complexity index is 367. The summed E-state index contributed by atoms with van der Waals surface area (Å²) in [6.07, 6.45) is -0.523. The zero-order chi connectivity index (χ0) is 12.7. The number of hydrogen-bond acceptors (Lipinski definition) is 4. The summed E-state index contributed by atoms with van der Waals surface area (Å²) in [6, 6.07) is 9.07. The van der Waals surface area contributed by atoms with Crippen molar-refractivity contribution in [3.8, 4) is 6.07 Å². The van der Waals surface area contributed by atoms with Crippen LogP contribution in [0.25, 0.3) is 0 Å². The molecule has 2 N–H and O–H groups in total. The van der Waals surface area contributed by atoms with Crippen molar-refractivity contribution in [2.75, 3.05) is 33.7 Å². The molecule has 1 unspecified atom stereocenters. The predicted molar refractivity (Wildman–Crippen MR) is 67.5 cm³/mol. The van der Waals surface area contributed by atoms with E-state index in [4.69, 9.17) is 5.26 Å². The van der Waals surface area contributed by atoms with Gasteiger partial charge < -0.3 is 15.3 Å². The standard InChI is InChI=1S/C13H19N3O/c1-16(2)8-7-15-10-13(17)12-5-3-11(9-14)4-6-12/h3-6,13,15,17H,7-8,10H2,1-2H3. The van der Waals surface area contributed by atoms with E-state index in [-0.39, 0.29) is 0 Å². The molecule has 17 heavy (non-hydrogen) atoms. The molecule has 1 aromatic rings. The van der Waals surface area contributed by atoms with E-state index < -0.39 is 6.10 Å². The molecule has 0 amide bonds. The van der Waals surface area contributed by atoms with Crippen LogP contribution in [0.1, 0.15) is 17.2 Å². The number of hydrogen-bond donors (Lipinski definition) is 2. The highest BCUT2D eigenvalue weighted by molar-refractivity contribution is 5.32. The van der Waals surface area contributed by atoms with Gasteiger partial charge in [-0.2, -0.15) is 5.26 Å². The van der Waals surface area contributed by atoms with Crippen molar-refractivity contribution in [2.24, 2.45) is 0 Å². The summed E-state index contributed by atoms with van der Waals surface area (Å²) in [5.41, 5.74) is 1.45. The summed E-state index contributed by atoms with van der Waals surface area (Å²) < 4.78 is 0. The van der Waals surface area contributed by atoms with Crippen LogP contribution in [0.5, 0.6) is 0 Å². The lowest BCUT2D eigenvalue weighted by Gasteiger charge is -2.14. The first-order valence-corrected chi connectivity index (χ1v) is 5.67. The first kappa shape index (κ1) is 13.7. The molecule has 0 bridgehead atoms. The molecule has 4 heteroatoms. The predicted octanol–water partition coefficient (Wildman–Crippen LogP) is 0.743. The van der Waals surface area contributed by atoms with Gasteiger partial charge in [-0.1, -0.05) is 12.1 Å². The first-order chi connectivity index (χ1) is 8.13. The third-order valence-electron chi connectivity index (χ3n) is 2.50. The third kappa shape index (κ3) is 4.96. The molecule has 4 nitrogen and oxygen atoms in total. The number of aliphatic hydroxyl groups excluding tert-OH is 1. The van der Waals surface area contributed by atoms with Crippen LogP contribution in [-0.4, -0.2) is 43.7 Å². The molecule has 0 aliphatic heterocycles. The maximum Gasteiger partial charge on any atom is 0.0991 e. The molecule has 0 aliphatic carbocycles. The Labute approximate surface area is 102 Å². The number of likely N-dealkylation sites (N-methyl/N-ethyl adjacent to an activating group) is 1. The zero-order valence-corrected chi connectivity index (χ0v) is 10.3. The normalized spacial score (nSPS) is 12.4. The van der Waals surface area contributed by atoms with Crippen LogP contribution in [0, 0.1) is 11.3 Å². The van der Waals surface area contributed by atoms with E-state index in [1.807, 2.05) is 14.1 Å². The summed E-state index contributed by atoms with van der Waals surface area (Å²) in [4.78, 5) is 2.08. The molecule has 0 heterocycles. The van der Waals surface area contributed by atoms with Crippen LogP contribution in [0.2, 0.25) is 0 Å². The molecule has 1 atom stereocenters. The van der Waals surface area contributed by atoms with E-state index in [0.717, 1.165) is 18.7 Å². The number of rotatable bonds is 6. The van der Waals surface area contributed by atoms with E-state index in [0.29, 0.717) is 12.1 Å². The monoisotopic (exact) mass is 233 g/mol. The lowest BCUT2D eigenvalue weighted by Crippen LogP contribution is -2.29. The average Bonchev–Trinajstić information content (AvgIpc) is 2.34. The molecule has 1 rings (SSSR count). The minimum Gasteiger partial charge on any atom is -0.387 e. The van der Waals surface area contributed by atoms with Crippen molar-refractivity contribution in [3.63, 3.8) is 0 Å². The highest BCUT2D eigenvalue weighted by Gasteiger charge is 2.06. The summed E-state index contributed by atoms with van der Waals surface area (Å²) >= 11 is 0. The second-order valence-corrected chi connectivity index (χ2v) is 4.26. The lowest BCUT2D eigenvalue weighted by atomic mass is 10.1. The van der Waals surface area contributed by atoms with Gasteiger partial charge in [0.1, 0.15) is 0 Å². The topological polar surface area (TPSA) is 59.3 Å². The summed E-state index contributed by atoms with van der Waals surface area (Å²) in [5, 5.41) is 21.7. The molecule has 0 saturated carbocycles. The van der Waals surface area contributed by atoms with Crippen LogP contribution in [0.3, 0.4) is 0 Å². The molecule has 0 saturated heterocycles. The van der Waals surface area contributed by atoms with Gasteiger partial charge in [0.15, 0.2) is 0 Å². The van der Waals surface area contributed by atoms with E-state index in [1.165, 1.54) is 0 Å². The van der Waals surface area contributed by atoms with E-state index in [9.17, 15) is 5.11 Å². The fraction of sp³-hybridized carbons (Fsp3) is 0.462. The summed E-state index contributed by atoms with van der Waals surface area (Å²) in [6.45, 7) is 2.32. The SMILES string of the molecule is CN(C)CCNCC(O)c1ccc(C#N)cc1. The largest absolute Gasteiger partial charge is 0.387 e. The van der Waals surface area contributed by atoms with Gasteiger partial charge in [0, 0.05) is 19.6 Å². The van der Waals surface area contributed by atoms with Gasteiger partial charge in [-0.15, -0.1) is 0 Å². The summed E-state index contributed by atoms with van der Waals surface area (Å²) in [5.74, 6) is 0. The quantitative estimate of drug-likeness (QED) is 0.712. The van der Waals surface area contributed by atoms with Crippen molar-refractivity contribution in [3.05, 3.63) is 35.4 Å². The van der Waals surface area contributed by atoms with Gasteiger partial charge in [0.2, 0.25) is 0 Å². The smallest absolute Gasteiger partial charge is 0.0991 e. The molecule has 92 valence electrons. The second kappa shape index (κ2) is 7.02. The van der Waals surface area contributed by atoms with Crippen LogP contribution >= 0.6 is 0 Å². The van der Waals surface area contributed by atoms with Gasteiger partial charge in [-0.25, -0.2) is 0 Å². The Morgan fingerprint density at radius 3 is 2.53 bits per heavy atom. The van der Waals surface area contributed by atoms with E-state index >= 15 is 0 Å². The second-order valence-electron chi connectivity index (χ2n) is 4.26.